The number of aryl methyl sites for hydroxylation is 1. The van der Waals surface area contributed by atoms with E-state index < -0.39 is 5.60 Å². The molecule has 2 saturated heterocycles. The maximum absolute atomic E-state index is 13.2. The summed E-state index contributed by atoms with van der Waals surface area (Å²) in [5, 5.41) is 0.548. The first-order chi connectivity index (χ1) is 16.0. The van der Waals surface area contributed by atoms with Gasteiger partial charge < -0.3 is 24.0 Å². The number of hydrogen-bond acceptors (Lipinski definition) is 7. The summed E-state index contributed by atoms with van der Waals surface area (Å²) >= 11 is 6.09. The summed E-state index contributed by atoms with van der Waals surface area (Å²) in [7, 11) is 0. The van der Waals surface area contributed by atoms with E-state index in [1.165, 1.54) is 12.5 Å². The predicted molar refractivity (Wildman–Crippen MR) is 120 cm³/mol. The Labute approximate surface area is 197 Å². The number of halogens is 1. The predicted octanol–water partition coefficient (Wildman–Crippen LogP) is 1.98. The van der Waals surface area contributed by atoms with Crippen LogP contribution in [-0.2, 0) is 14.3 Å². The summed E-state index contributed by atoms with van der Waals surface area (Å²) in [5.74, 6) is 0.323. The second-order valence-electron chi connectivity index (χ2n) is 8.20. The molecule has 2 aliphatic rings. The molecule has 10 heteroatoms. The molecule has 2 aliphatic heterocycles. The molecule has 4 rings (SSSR count). The lowest BCUT2D eigenvalue weighted by molar-refractivity contribution is -0.155. The molecule has 2 fully saturated rings. The van der Waals surface area contributed by atoms with Crippen LogP contribution in [0.25, 0.3) is 0 Å². The van der Waals surface area contributed by atoms with Crippen LogP contribution < -0.4 is 4.74 Å². The molecule has 3 heterocycles. The van der Waals surface area contributed by atoms with E-state index in [0.717, 1.165) is 0 Å². The van der Waals surface area contributed by atoms with Crippen molar-refractivity contribution in [1.29, 1.82) is 0 Å². The summed E-state index contributed by atoms with van der Waals surface area (Å²) in [5.41, 5.74) is 0.0324. The average molecular weight is 475 g/mol. The largest absolute Gasteiger partial charge is 0.490 e. The Hall–Kier alpha value is -2.75. The summed E-state index contributed by atoms with van der Waals surface area (Å²) in [6, 6.07) is 7.04. The Bertz CT molecular complexity index is 1000. The number of rotatable bonds is 6. The van der Waals surface area contributed by atoms with Gasteiger partial charge in [-0.2, -0.15) is 0 Å². The minimum atomic E-state index is -1.00. The summed E-state index contributed by atoms with van der Waals surface area (Å²) in [4.78, 5) is 37.9. The highest BCUT2D eigenvalue weighted by Gasteiger charge is 2.42. The van der Waals surface area contributed by atoms with Gasteiger partial charge >= 0.3 is 0 Å². The molecule has 0 radical (unpaired) electrons. The van der Waals surface area contributed by atoms with E-state index in [0.29, 0.717) is 54.9 Å². The fourth-order valence-electron chi connectivity index (χ4n) is 4.01. The Kier molecular flexibility index (Phi) is 7.42. The molecular formula is C23H27ClN4O5. The van der Waals surface area contributed by atoms with Crippen molar-refractivity contribution in [2.24, 2.45) is 0 Å². The van der Waals surface area contributed by atoms with Crippen molar-refractivity contribution in [3.05, 3.63) is 53.1 Å². The number of ether oxygens (including phenoxy) is 3. The third-order valence-corrected chi connectivity index (χ3v) is 6.05. The molecule has 1 unspecified atom stereocenters. The van der Waals surface area contributed by atoms with Crippen LogP contribution in [0.3, 0.4) is 0 Å². The van der Waals surface area contributed by atoms with Crippen LogP contribution in [0.2, 0.25) is 5.02 Å². The van der Waals surface area contributed by atoms with Gasteiger partial charge in [0.1, 0.15) is 24.3 Å². The maximum atomic E-state index is 13.2. The van der Waals surface area contributed by atoms with Gasteiger partial charge in [0.15, 0.2) is 0 Å². The number of morpholine rings is 2. The van der Waals surface area contributed by atoms with Gasteiger partial charge in [-0.1, -0.05) is 17.7 Å². The van der Waals surface area contributed by atoms with E-state index in [9.17, 15) is 9.59 Å². The van der Waals surface area contributed by atoms with Gasteiger partial charge in [-0.3, -0.25) is 9.59 Å². The topological polar surface area (TPSA) is 94.1 Å². The molecule has 1 aromatic carbocycles. The average Bonchev–Trinajstić information content (AvgIpc) is 2.83. The third kappa shape index (κ3) is 5.79. The number of benzene rings is 1. The summed E-state index contributed by atoms with van der Waals surface area (Å²) in [6.45, 7) is 4.85. The summed E-state index contributed by atoms with van der Waals surface area (Å²) < 4.78 is 17.5. The molecule has 0 aliphatic carbocycles. The zero-order valence-corrected chi connectivity index (χ0v) is 19.3. The van der Waals surface area contributed by atoms with Crippen LogP contribution in [0, 0.1) is 6.92 Å². The minimum Gasteiger partial charge on any atom is -0.490 e. The molecule has 1 atom stereocenters. The zero-order chi connectivity index (χ0) is 23.3. The van der Waals surface area contributed by atoms with Crippen molar-refractivity contribution in [3.8, 4) is 5.75 Å². The normalized spacial score (nSPS) is 21.0. The standard InChI is InChI=1S/C23H27ClN4O5/c1-17-20(13-25-16-26-17)22(30)28-7-10-33-23(14-28,12-21(29)27-5-8-31-9-6-27)15-32-19-4-2-3-18(24)11-19/h2-4,11,13,16H,5-10,12,14-15H2,1H3. The highest BCUT2D eigenvalue weighted by Crippen LogP contribution is 2.27. The fourth-order valence-corrected chi connectivity index (χ4v) is 4.19. The highest BCUT2D eigenvalue weighted by atomic mass is 35.5. The van der Waals surface area contributed by atoms with Crippen molar-refractivity contribution < 1.29 is 23.8 Å². The van der Waals surface area contributed by atoms with Crippen molar-refractivity contribution in [2.45, 2.75) is 18.9 Å². The number of aromatic nitrogens is 2. The molecular weight excluding hydrogens is 448 g/mol. The number of carbonyl (C=O) groups is 2. The van der Waals surface area contributed by atoms with E-state index in [-0.39, 0.29) is 38.0 Å². The monoisotopic (exact) mass is 474 g/mol. The summed E-state index contributed by atoms with van der Waals surface area (Å²) in [6.07, 6.45) is 3.01. The first-order valence-corrected chi connectivity index (χ1v) is 11.3. The van der Waals surface area contributed by atoms with Gasteiger partial charge in [0.2, 0.25) is 5.91 Å². The first-order valence-electron chi connectivity index (χ1n) is 10.9. The highest BCUT2D eigenvalue weighted by molar-refractivity contribution is 6.30. The number of carbonyl (C=O) groups excluding carboxylic acids is 2. The molecule has 0 bridgehead atoms. The number of amides is 2. The molecule has 33 heavy (non-hydrogen) atoms. The smallest absolute Gasteiger partial charge is 0.257 e. The minimum absolute atomic E-state index is 0.0541. The molecule has 0 saturated carbocycles. The van der Waals surface area contributed by atoms with E-state index in [1.807, 2.05) is 0 Å². The Balaban J connectivity index is 1.54. The first kappa shape index (κ1) is 23.4. The van der Waals surface area contributed by atoms with Crippen LogP contribution in [0.15, 0.2) is 36.8 Å². The Morgan fingerprint density at radius 3 is 2.73 bits per heavy atom. The van der Waals surface area contributed by atoms with Crippen LogP contribution in [-0.4, -0.2) is 89.8 Å². The SMILES string of the molecule is Cc1ncncc1C(=O)N1CCOC(COc2cccc(Cl)c2)(CC(=O)N2CCOCC2)C1. The molecule has 2 amide bonds. The molecule has 9 nitrogen and oxygen atoms in total. The van der Waals surface area contributed by atoms with Gasteiger partial charge in [-0.05, 0) is 25.1 Å². The number of hydrogen-bond donors (Lipinski definition) is 0. The lowest BCUT2D eigenvalue weighted by Gasteiger charge is -2.43. The van der Waals surface area contributed by atoms with E-state index in [4.69, 9.17) is 25.8 Å². The quantitative estimate of drug-likeness (QED) is 0.631. The molecule has 176 valence electrons. The van der Waals surface area contributed by atoms with Gasteiger partial charge in [0.05, 0.1) is 44.0 Å². The molecule has 1 aromatic heterocycles. The fraction of sp³-hybridized carbons (Fsp3) is 0.478. The molecule has 0 spiro atoms. The lowest BCUT2D eigenvalue weighted by atomic mass is 9.96. The van der Waals surface area contributed by atoms with Crippen molar-refractivity contribution in [2.75, 3.05) is 52.6 Å². The van der Waals surface area contributed by atoms with Gasteiger partial charge in [-0.15, -0.1) is 0 Å². The third-order valence-electron chi connectivity index (χ3n) is 5.81. The zero-order valence-electron chi connectivity index (χ0n) is 18.5. The Morgan fingerprint density at radius 2 is 1.97 bits per heavy atom. The maximum Gasteiger partial charge on any atom is 0.257 e. The van der Waals surface area contributed by atoms with Crippen molar-refractivity contribution in [1.82, 2.24) is 19.8 Å². The number of nitrogens with zero attached hydrogens (tertiary/aromatic N) is 4. The lowest BCUT2D eigenvalue weighted by Crippen LogP contribution is -2.58. The van der Waals surface area contributed by atoms with Gasteiger partial charge in [0.25, 0.3) is 5.91 Å². The van der Waals surface area contributed by atoms with Crippen LogP contribution >= 0.6 is 11.6 Å². The van der Waals surface area contributed by atoms with Crippen LogP contribution in [0.4, 0.5) is 0 Å². The second kappa shape index (κ2) is 10.5. The van der Waals surface area contributed by atoms with Crippen molar-refractivity contribution >= 4 is 23.4 Å². The Morgan fingerprint density at radius 1 is 1.18 bits per heavy atom. The van der Waals surface area contributed by atoms with Crippen LogP contribution in [0.1, 0.15) is 22.5 Å². The molecule has 2 aromatic rings. The molecule has 0 N–H and O–H groups in total. The van der Waals surface area contributed by atoms with E-state index in [2.05, 4.69) is 9.97 Å². The van der Waals surface area contributed by atoms with Gasteiger partial charge in [0, 0.05) is 30.9 Å². The van der Waals surface area contributed by atoms with E-state index in [1.54, 1.807) is 41.0 Å². The second-order valence-corrected chi connectivity index (χ2v) is 8.63. The van der Waals surface area contributed by atoms with Crippen LogP contribution in [0.5, 0.6) is 5.75 Å². The van der Waals surface area contributed by atoms with E-state index >= 15 is 0 Å². The van der Waals surface area contributed by atoms with Gasteiger partial charge in [-0.25, -0.2) is 9.97 Å². The van der Waals surface area contributed by atoms with Crippen molar-refractivity contribution in [3.63, 3.8) is 0 Å².